The molecule has 2 aromatic rings. The Balaban J connectivity index is 1.39. The van der Waals surface area contributed by atoms with Crippen LogP contribution in [-0.4, -0.2) is 31.3 Å². The lowest BCUT2D eigenvalue weighted by molar-refractivity contribution is -0.0149. The van der Waals surface area contributed by atoms with E-state index in [0.29, 0.717) is 25.6 Å². The highest BCUT2D eigenvalue weighted by Crippen LogP contribution is 2.23. The predicted octanol–water partition coefficient (Wildman–Crippen LogP) is 4.47. The maximum Gasteiger partial charge on any atom is 0.315 e. The summed E-state index contributed by atoms with van der Waals surface area (Å²) in [6.45, 7) is 9.54. The number of benzene rings is 2. The van der Waals surface area contributed by atoms with Crippen LogP contribution in [0.4, 0.5) is 14.9 Å². The summed E-state index contributed by atoms with van der Waals surface area (Å²) < 4.78 is 18.9. The van der Waals surface area contributed by atoms with Crippen molar-refractivity contribution in [2.24, 2.45) is 5.92 Å². The van der Waals surface area contributed by atoms with E-state index in [2.05, 4.69) is 21.6 Å². The number of ether oxygens (including phenoxy) is 1. The third-order valence-corrected chi connectivity index (χ3v) is 5.15. The summed E-state index contributed by atoms with van der Waals surface area (Å²) in [6, 6.07) is 14.5. The first-order chi connectivity index (χ1) is 14.3. The minimum atomic E-state index is -0.222. The Kier molecular flexibility index (Phi) is 7.32. The van der Waals surface area contributed by atoms with E-state index in [1.165, 1.54) is 12.1 Å². The van der Waals surface area contributed by atoms with Gasteiger partial charge in [-0.05, 0) is 68.5 Å². The molecule has 0 spiro atoms. The van der Waals surface area contributed by atoms with E-state index in [0.717, 1.165) is 36.3 Å². The van der Waals surface area contributed by atoms with Crippen molar-refractivity contribution in [3.05, 3.63) is 65.5 Å². The minimum absolute atomic E-state index is 0.161. The highest BCUT2D eigenvalue weighted by atomic mass is 19.1. The topological polar surface area (TPSA) is 53.6 Å². The van der Waals surface area contributed by atoms with Crippen LogP contribution in [0.3, 0.4) is 0 Å². The molecular weight excluding hydrogens is 381 g/mol. The molecule has 5 nitrogen and oxygen atoms in total. The average Bonchev–Trinajstić information content (AvgIpc) is 3.19. The lowest BCUT2D eigenvalue weighted by Gasteiger charge is -2.20. The lowest BCUT2D eigenvalue weighted by Crippen LogP contribution is -2.38. The molecule has 3 rings (SSSR count). The first-order valence-corrected chi connectivity index (χ1v) is 10.5. The van der Waals surface area contributed by atoms with Gasteiger partial charge in [0.2, 0.25) is 0 Å². The van der Waals surface area contributed by atoms with Crippen molar-refractivity contribution < 1.29 is 13.9 Å². The minimum Gasteiger partial charge on any atom is -0.371 e. The Hall–Kier alpha value is -2.60. The largest absolute Gasteiger partial charge is 0.371 e. The standard InChI is InChI=1S/C24H32FN3O2/c1-24(2,3)30-17-19-6-4-5-18(13-19)14-26-23(29)27-15-20-11-12-28(16-20)22-9-7-21(25)8-10-22/h4-10,13,20H,11-12,14-17H2,1-3H3,(H2,26,27,29). The van der Waals surface area contributed by atoms with Crippen LogP contribution in [0.2, 0.25) is 0 Å². The first-order valence-electron chi connectivity index (χ1n) is 10.5. The number of nitrogens with zero attached hydrogens (tertiary/aromatic N) is 1. The molecule has 2 aromatic carbocycles. The van der Waals surface area contributed by atoms with Gasteiger partial charge in [0.1, 0.15) is 5.82 Å². The molecule has 1 unspecified atom stereocenters. The Bertz CT molecular complexity index is 833. The molecule has 0 aliphatic carbocycles. The third-order valence-electron chi connectivity index (χ3n) is 5.15. The fourth-order valence-corrected chi connectivity index (χ4v) is 3.50. The van der Waals surface area contributed by atoms with Gasteiger partial charge in [0.25, 0.3) is 0 Å². The van der Waals surface area contributed by atoms with E-state index in [-0.39, 0.29) is 17.4 Å². The average molecular weight is 414 g/mol. The van der Waals surface area contributed by atoms with Gasteiger partial charge >= 0.3 is 6.03 Å². The van der Waals surface area contributed by atoms with E-state index in [4.69, 9.17) is 4.74 Å². The second kappa shape index (κ2) is 9.94. The van der Waals surface area contributed by atoms with E-state index in [1.807, 2.05) is 39.0 Å². The van der Waals surface area contributed by atoms with Crippen LogP contribution in [-0.2, 0) is 17.9 Å². The number of carbonyl (C=O) groups excluding carboxylic acids is 1. The number of amides is 2. The van der Waals surface area contributed by atoms with Crippen LogP contribution in [0.15, 0.2) is 48.5 Å². The van der Waals surface area contributed by atoms with Crippen LogP contribution in [0.1, 0.15) is 38.3 Å². The quantitative estimate of drug-likeness (QED) is 0.704. The second-order valence-corrected chi connectivity index (χ2v) is 8.86. The Morgan fingerprint density at radius 1 is 1.13 bits per heavy atom. The highest BCUT2D eigenvalue weighted by Gasteiger charge is 2.23. The van der Waals surface area contributed by atoms with Gasteiger partial charge in [-0.25, -0.2) is 9.18 Å². The number of nitrogens with one attached hydrogen (secondary N) is 2. The van der Waals surface area contributed by atoms with Gasteiger partial charge in [-0.3, -0.25) is 0 Å². The van der Waals surface area contributed by atoms with Gasteiger partial charge in [0.05, 0.1) is 12.2 Å². The number of hydrogen-bond donors (Lipinski definition) is 2. The van der Waals surface area contributed by atoms with Crippen molar-refractivity contribution >= 4 is 11.7 Å². The van der Waals surface area contributed by atoms with Crippen molar-refractivity contribution in [3.8, 4) is 0 Å². The third kappa shape index (κ3) is 7.02. The molecule has 0 aromatic heterocycles. The molecule has 0 saturated carbocycles. The molecule has 1 atom stereocenters. The number of anilines is 1. The van der Waals surface area contributed by atoms with Crippen LogP contribution in [0.5, 0.6) is 0 Å². The zero-order valence-electron chi connectivity index (χ0n) is 18.1. The smallest absolute Gasteiger partial charge is 0.315 e. The van der Waals surface area contributed by atoms with E-state index < -0.39 is 0 Å². The van der Waals surface area contributed by atoms with E-state index in [9.17, 15) is 9.18 Å². The molecule has 162 valence electrons. The van der Waals surface area contributed by atoms with Crippen LogP contribution < -0.4 is 15.5 Å². The maximum atomic E-state index is 13.1. The number of urea groups is 1. The number of hydrogen-bond acceptors (Lipinski definition) is 3. The molecule has 1 heterocycles. The van der Waals surface area contributed by atoms with Crippen molar-refractivity contribution in [1.29, 1.82) is 0 Å². The molecule has 1 aliphatic rings. The summed E-state index contributed by atoms with van der Waals surface area (Å²) >= 11 is 0. The zero-order valence-corrected chi connectivity index (χ0v) is 18.1. The molecule has 2 N–H and O–H groups in total. The van der Waals surface area contributed by atoms with Gasteiger partial charge in [-0.1, -0.05) is 24.3 Å². The molecule has 0 radical (unpaired) electrons. The van der Waals surface area contributed by atoms with Crippen molar-refractivity contribution in [2.75, 3.05) is 24.5 Å². The Morgan fingerprint density at radius 2 is 1.87 bits per heavy atom. The maximum absolute atomic E-state index is 13.1. The second-order valence-electron chi connectivity index (χ2n) is 8.86. The summed E-state index contributed by atoms with van der Waals surface area (Å²) in [5.41, 5.74) is 2.99. The monoisotopic (exact) mass is 413 g/mol. The van der Waals surface area contributed by atoms with E-state index in [1.54, 1.807) is 12.1 Å². The summed E-state index contributed by atoms with van der Waals surface area (Å²) in [6.07, 6.45) is 1.01. The Labute approximate surface area is 178 Å². The Morgan fingerprint density at radius 3 is 2.60 bits per heavy atom. The SMILES string of the molecule is CC(C)(C)OCc1cccc(CNC(=O)NCC2CCN(c3ccc(F)cc3)C2)c1. The molecule has 1 fully saturated rings. The number of carbonyl (C=O) groups is 1. The summed E-state index contributed by atoms with van der Waals surface area (Å²) in [5.74, 6) is 0.166. The molecule has 1 saturated heterocycles. The van der Waals surface area contributed by atoms with Crippen molar-refractivity contribution in [2.45, 2.75) is 45.9 Å². The normalized spacial score (nSPS) is 16.5. The van der Waals surface area contributed by atoms with Gasteiger partial charge in [-0.2, -0.15) is 0 Å². The summed E-state index contributed by atoms with van der Waals surface area (Å²) in [5, 5.41) is 5.90. The fourth-order valence-electron chi connectivity index (χ4n) is 3.50. The highest BCUT2D eigenvalue weighted by molar-refractivity contribution is 5.73. The molecule has 6 heteroatoms. The first kappa shape index (κ1) is 22.1. The molecule has 30 heavy (non-hydrogen) atoms. The molecule has 0 bridgehead atoms. The van der Waals surface area contributed by atoms with Crippen LogP contribution in [0, 0.1) is 11.7 Å². The van der Waals surface area contributed by atoms with E-state index >= 15 is 0 Å². The zero-order chi connectivity index (χ0) is 21.6. The summed E-state index contributed by atoms with van der Waals surface area (Å²) in [4.78, 5) is 14.4. The van der Waals surface area contributed by atoms with Gasteiger partial charge in [0.15, 0.2) is 0 Å². The van der Waals surface area contributed by atoms with Crippen LogP contribution in [0.25, 0.3) is 0 Å². The predicted molar refractivity (Wildman–Crippen MR) is 118 cm³/mol. The lowest BCUT2D eigenvalue weighted by atomic mass is 10.1. The van der Waals surface area contributed by atoms with Gasteiger partial charge in [0, 0.05) is 31.9 Å². The number of rotatable bonds is 7. The summed E-state index contributed by atoms with van der Waals surface area (Å²) in [7, 11) is 0. The van der Waals surface area contributed by atoms with Crippen molar-refractivity contribution in [1.82, 2.24) is 10.6 Å². The molecular formula is C24H32FN3O2. The van der Waals surface area contributed by atoms with Gasteiger partial charge < -0.3 is 20.3 Å². The van der Waals surface area contributed by atoms with Crippen molar-refractivity contribution in [3.63, 3.8) is 0 Å². The van der Waals surface area contributed by atoms with Crippen LogP contribution >= 0.6 is 0 Å². The fraction of sp³-hybridized carbons (Fsp3) is 0.458. The molecule has 2 amide bonds. The molecule has 1 aliphatic heterocycles. The van der Waals surface area contributed by atoms with Gasteiger partial charge in [-0.15, -0.1) is 0 Å². The number of halogens is 1.